The Morgan fingerprint density at radius 1 is 1.40 bits per heavy atom. The lowest BCUT2D eigenvalue weighted by Crippen LogP contribution is -2.54. The predicted octanol–water partition coefficient (Wildman–Crippen LogP) is 5.14. The second kappa shape index (κ2) is 7.20. The normalized spacial score (nSPS) is 20.3. The first-order chi connectivity index (χ1) is 11.4. The zero-order chi connectivity index (χ0) is 19.0. The van der Waals surface area contributed by atoms with E-state index >= 15 is 0 Å². The van der Waals surface area contributed by atoms with Crippen LogP contribution in [-0.4, -0.2) is 40.7 Å². The summed E-state index contributed by atoms with van der Waals surface area (Å²) in [6.45, 7) is 13.1. The number of carbonyl (C=O) groups excluding carboxylic acids is 1. The number of halogens is 2. The van der Waals surface area contributed by atoms with E-state index in [1.807, 2.05) is 27.7 Å². The Morgan fingerprint density at radius 2 is 2.04 bits per heavy atom. The molecule has 2 rings (SSSR count). The number of ether oxygens (including phenoxy) is 1. The van der Waals surface area contributed by atoms with Gasteiger partial charge in [-0.25, -0.2) is 9.78 Å². The Bertz CT molecular complexity index is 633. The van der Waals surface area contributed by atoms with Crippen LogP contribution < -0.4 is 5.32 Å². The number of anilines is 1. The number of carbonyl (C=O) groups is 1. The van der Waals surface area contributed by atoms with E-state index in [0.717, 1.165) is 17.7 Å². The third kappa shape index (κ3) is 5.14. The second-order valence-electron chi connectivity index (χ2n) is 8.30. The number of pyridine rings is 1. The number of nitrogens with zero attached hydrogens (tertiary/aromatic N) is 2. The van der Waals surface area contributed by atoms with Gasteiger partial charge in [0.2, 0.25) is 0 Å². The second-order valence-corrected chi connectivity index (χ2v) is 9.05. The molecule has 0 spiro atoms. The molecular weight excluding hydrogens is 361 g/mol. The molecule has 25 heavy (non-hydrogen) atoms. The highest BCUT2D eigenvalue weighted by Gasteiger charge is 2.39. The van der Waals surface area contributed by atoms with Gasteiger partial charge >= 0.3 is 6.09 Å². The van der Waals surface area contributed by atoms with Crippen molar-refractivity contribution in [3.63, 3.8) is 0 Å². The molecule has 140 valence electrons. The summed E-state index contributed by atoms with van der Waals surface area (Å²) in [6.07, 6.45) is 0.534. The number of hydrogen-bond acceptors (Lipinski definition) is 4. The quantitative estimate of drug-likeness (QED) is 0.713. The molecule has 1 aromatic heterocycles. The maximum atomic E-state index is 12.3. The van der Waals surface area contributed by atoms with Gasteiger partial charge in [0.05, 0.1) is 5.69 Å². The van der Waals surface area contributed by atoms with Gasteiger partial charge in [-0.3, -0.25) is 0 Å². The van der Waals surface area contributed by atoms with Crippen molar-refractivity contribution in [3.05, 3.63) is 21.9 Å². The van der Waals surface area contributed by atoms with Crippen molar-refractivity contribution < 1.29 is 9.53 Å². The van der Waals surface area contributed by atoms with E-state index in [-0.39, 0.29) is 17.6 Å². The summed E-state index contributed by atoms with van der Waals surface area (Å²) in [6, 6.07) is 1.95. The molecule has 1 aliphatic rings. The molecule has 1 fully saturated rings. The number of piperidine rings is 1. The third-order valence-electron chi connectivity index (χ3n) is 4.34. The minimum Gasteiger partial charge on any atom is -0.444 e. The van der Waals surface area contributed by atoms with Crippen molar-refractivity contribution in [1.29, 1.82) is 0 Å². The molecule has 2 heterocycles. The summed E-state index contributed by atoms with van der Waals surface area (Å²) in [5, 5.41) is 4.26. The molecule has 1 amide bonds. The first-order valence-electron chi connectivity index (χ1n) is 8.46. The van der Waals surface area contributed by atoms with Gasteiger partial charge in [0.25, 0.3) is 0 Å². The lowest BCUT2D eigenvalue weighted by Gasteiger charge is -2.45. The smallest absolute Gasteiger partial charge is 0.410 e. The Balaban J connectivity index is 2.10. The number of hydrogen-bond donors (Lipinski definition) is 1. The Kier molecular flexibility index (Phi) is 5.79. The standard InChI is InChI=1S/C18H27Cl2N3O2/c1-11-9-13(19)22-15(20)14(11)21-12-7-8-23(10-18(12,5)6)16(24)25-17(2,3)4/h9,12,21H,7-8,10H2,1-6H3. The molecule has 0 bridgehead atoms. The van der Waals surface area contributed by atoms with Crippen LogP contribution in [0.2, 0.25) is 10.3 Å². The topological polar surface area (TPSA) is 54.5 Å². The Hall–Kier alpha value is -1.20. The molecule has 0 radical (unpaired) electrons. The highest BCUT2D eigenvalue weighted by molar-refractivity contribution is 6.34. The van der Waals surface area contributed by atoms with Gasteiger partial charge in [0, 0.05) is 24.5 Å². The van der Waals surface area contributed by atoms with Crippen LogP contribution in [0, 0.1) is 12.3 Å². The number of aromatic nitrogens is 1. The zero-order valence-electron chi connectivity index (χ0n) is 15.7. The molecule has 0 saturated carbocycles. The van der Waals surface area contributed by atoms with E-state index in [0.29, 0.717) is 23.4 Å². The van der Waals surface area contributed by atoms with Gasteiger partial charge in [-0.1, -0.05) is 37.0 Å². The summed E-state index contributed by atoms with van der Waals surface area (Å²) in [5.74, 6) is 0. The summed E-state index contributed by atoms with van der Waals surface area (Å²) in [5.41, 5.74) is 1.12. The number of likely N-dealkylation sites (tertiary alicyclic amines) is 1. The van der Waals surface area contributed by atoms with E-state index in [4.69, 9.17) is 27.9 Å². The van der Waals surface area contributed by atoms with Gasteiger partial charge in [-0.05, 0) is 45.7 Å². The predicted molar refractivity (Wildman–Crippen MR) is 103 cm³/mol. The SMILES string of the molecule is Cc1cc(Cl)nc(Cl)c1NC1CCN(C(=O)OC(C)(C)C)CC1(C)C. The van der Waals surface area contributed by atoms with E-state index in [2.05, 4.69) is 24.1 Å². The minimum atomic E-state index is -0.490. The largest absolute Gasteiger partial charge is 0.444 e. The maximum Gasteiger partial charge on any atom is 0.410 e. The van der Waals surface area contributed by atoms with Crippen LogP contribution in [0.15, 0.2) is 6.07 Å². The van der Waals surface area contributed by atoms with Gasteiger partial charge in [-0.15, -0.1) is 0 Å². The molecule has 7 heteroatoms. The van der Waals surface area contributed by atoms with E-state index < -0.39 is 5.60 Å². The molecule has 1 atom stereocenters. The summed E-state index contributed by atoms with van der Waals surface area (Å²) in [4.78, 5) is 18.2. The molecule has 1 aliphatic heterocycles. The van der Waals surface area contributed by atoms with Gasteiger partial charge < -0.3 is 15.0 Å². The molecule has 1 N–H and O–H groups in total. The summed E-state index contributed by atoms with van der Waals surface area (Å²) < 4.78 is 5.50. The Labute approximate surface area is 160 Å². The number of nitrogens with one attached hydrogen (secondary N) is 1. The molecule has 0 aromatic carbocycles. The van der Waals surface area contributed by atoms with Crippen LogP contribution in [0.4, 0.5) is 10.5 Å². The fraction of sp³-hybridized carbons (Fsp3) is 0.667. The lowest BCUT2D eigenvalue weighted by molar-refractivity contribution is 0.00691. The van der Waals surface area contributed by atoms with Crippen molar-refractivity contribution >= 4 is 35.0 Å². The van der Waals surface area contributed by atoms with Crippen LogP contribution >= 0.6 is 23.2 Å². The first kappa shape index (κ1) is 20.1. The maximum absolute atomic E-state index is 12.3. The fourth-order valence-corrected chi connectivity index (χ4v) is 3.64. The Morgan fingerprint density at radius 3 is 2.56 bits per heavy atom. The molecule has 1 unspecified atom stereocenters. The monoisotopic (exact) mass is 387 g/mol. The van der Waals surface area contributed by atoms with E-state index in [1.54, 1.807) is 11.0 Å². The minimum absolute atomic E-state index is 0.148. The zero-order valence-corrected chi connectivity index (χ0v) is 17.3. The summed E-state index contributed by atoms with van der Waals surface area (Å²) in [7, 11) is 0. The van der Waals surface area contributed by atoms with Crippen LogP contribution in [0.1, 0.15) is 46.6 Å². The van der Waals surface area contributed by atoms with Crippen molar-refractivity contribution in [3.8, 4) is 0 Å². The highest BCUT2D eigenvalue weighted by atomic mass is 35.5. The van der Waals surface area contributed by atoms with Gasteiger partial charge in [0.15, 0.2) is 5.15 Å². The van der Waals surface area contributed by atoms with E-state index in [9.17, 15) is 4.79 Å². The number of amides is 1. The average Bonchev–Trinajstić information content (AvgIpc) is 2.41. The third-order valence-corrected chi connectivity index (χ3v) is 4.81. The van der Waals surface area contributed by atoms with Crippen LogP contribution in [-0.2, 0) is 4.74 Å². The molecular formula is C18H27Cl2N3O2. The molecule has 1 saturated heterocycles. The van der Waals surface area contributed by atoms with Crippen molar-refractivity contribution in [2.45, 2.75) is 59.6 Å². The number of rotatable bonds is 2. The average molecular weight is 388 g/mol. The van der Waals surface area contributed by atoms with Crippen LogP contribution in [0.3, 0.4) is 0 Å². The first-order valence-corrected chi connectivity index (χ1v) is 9.22. The van der Waals surface area contributed by atoms with Crippen molar-refractivity contribution in [2.75, 3.05) is 18.4 Å². The lowest BCUT2D eigenvalue weighted by atomic mass is 9.79. The van der Waals surface area contributed by atoms with Crippen molar-refractivity contribution in [2.24, 2.45) is 5.41 Å². The van der Waals surface area contributed by atoms with Gasteiger partial charge in [0.1, 0.15) is 10.8 Å². The molecule has 1 aromatic rings. The van der Waals surface area contributed by atoms with Crippen LogP contribution in [0.25, 0.3) is 0 Å². The van der Waals surface area contributed by atoms with Crippen LogP contribution in [0.5, 0.6) is 0 Å². The van der Waals surface area contributed by atoms with Gasteiger partial charge in [-0.2, -0.15) is 0 Å². The number of aryl methyl sites for hydroxylation is 1. The summed E-state index contributed by atoms with van der Waals surface area (Å²) >= 11 is 12.2. The highest BCUT2D eigenvalue weighted by Crippen LogP contribution is 2.35. The molecule has 5 nitrogen and oxygen atoms in total. The van der Waals surface area contributed by atoms with E-state index in [1.165, 1.54) is 0 Å². The fourth-order valence-electron chi connectivity index (χ4n) is 3.05. The molecule has 0 aliphatic carbocycles. The van der Waals surface area contributed by atoms with Crippen molar-refractivity contribution in [1.82, 2.24) is 9.88 Å².